The highest BCUT2D eigenvalue weighted by molar-refractivity contribution is 5.94. The lowest BCUT2D eigenvalue weighted by Crippen LogP contribution is -2.34. The van der Waals surface area contributed by atoms with Crippen LogP contribution in [0.3, 0.4) is 0 Å². The molecule has 0 saturated heterocycles. The normalized spacial score (nSPS) is 12.2. The fraction of sp³-hybridized carbons (Fsp3) is 0.600. The molecule has 0 aliphatic heterocycles. The van der Waals surface area contributed by atoms with Crippen molar-refractivity contribution in [1.82, 2.24) is 15.2 Å². The number of pyridine rings is 1. The highest BCUT2D eigenvalue weighted by atomic mass is 16.1. The summed E-state index contributed by atoms with van der Waals surface area (Å²) in [7, 11) is 4.06. The van der Waals surface area contributed by atoms with E-state index in [0.717, 1.165) is 31.7 Å². The summed E-state index contributed by atoms with van der Waals surface area (Å²) in [4.78, 5) is 18.5. The topological polar surface area (TPSA) is 57.3 Å². The first-order valence-corrected chi connectivity index (χ1v) is 7.18. The van der Waals surface area contributed by atoms with Gasteiger partial charge < -0.3 is 15.5 Å². The van der Waals surface area contributed by atoms with E-state index in [1.807, 2.05) is 21.0 Å². The van der Waals surface area contributed by atoms with Crippen molar-refractivity contribution in [2.24, 2.45) is 0 Å². The smallest absolute Gasteiger partial charge is 0.251 e. The Morgan fingerprint density at radius 3 is 2.85 bits per heavy atom. The molecule has 1 amide bonds. The Hall–Kier alpha value is -1.62. The van der Waals surface area contributed by atoms with Crippen molar-refractivity contribution in [2.75, 3.05) is 32.5 Å². The number of nitrogens with one attached hydrogen (secondary N) is 2. The highest BCUT2D eigenvalue weighted by Gasteiger charge is 2.10. The summed E-state index contributed by atoms with van der Waals surface area (Å²) >= 11 is 0. The average molecular weight is 278 g/mol. The molecule has 0 aromatic carbocycles. The number of carbonyl (C=O) groups excluding carboxylic acids is 1. The van der Waals surface area contributed by atoms with Gasteiger partial charge in [0.15, 0.2) is 0 Å². The van der Waals surface area contributed by atoms with Crippen LogP contribution in [0.2, 0.25) is 0 Å². The van der Waals surface area contributed by atoms with E-state index < -0.39 is 0 Å². The second-order valence-electron chi connectivity index (χ2n) is 5.32. The molecule has 0 saturated carbocycles. The van der Waals surface area contributed by atoms with E-state index in [9.17, 15) is 4.79 Å². The van der Waals surface area contributed by atoms with Crippen molar-refractivity contribution in [2.45, 2.75) is 32.7 Å². The standard InChI is InChI=1S/C15H26N4O/c1-5-8-16-14-11-13(6-9-17-14)15(20)18-12(2)7-10-19(3)4/h6,9,11-12H,5,7-8,10H2,1-4H3,(H,16,17)(H,18,20). The first-order valence-electron chi connectivity index (χ1n) is 7.18. The minimum absolute atomic E-state index is 0.0433. The molecule has 5 nitrogen and oxygen atoms in total. The molecule has 1 heterocycles. The van der Waals surface area contributed by atoms with Crippen LogP contribution in [0.1, 0.15) is 37.0 Å². The van der Waals surface area contributed by atoms with E-state index in [1.165, 1.54) is 0 Å². The first-order chi connectivity index (χ1) is 9.52. The van der Waals surface area contributed by atoms with E-state index in [4.69, 9.17) is 0 Å². The van der Waals surface area contributed by atoms with Crippen LogP contribution in [0.5, 0.6) is 0 Å². The second-order valence-corrected chi connectivity index (χ2v) is 5.32. The quantitative estimate of drug-likeness (QED) is 0.763. The van der Waals surface area contributed by atoms with Crippen molar-refractivity contribution in [3.63, 3.8) is 0 Å². The summed E-state index contributed by atoms with van der Waals surface area (Å²) in [6, 6.07) is 3.69. The molecule has 1 aromatic rings. The minimum atomic E-state index is -0.0433. The van der Waals surface area contributed by atoms with E-state index in [2.05, 4.69) is 27.4 Å². The molecular formula is C15H26N4O. The van der Waals surface area contributed by atoms with Gasteiger partial charge in [-0.25, -0.2) is 4.98 Å². The van der Waals surface area contributed by atoms with Crippen molar-refractivity contribution in [3.8, 4) is 0 Å². The van der Waals surface area contributed by atoms with E-state index in [-0.39, 0.29) is 11.9 Å². The Morgan fingerprint density at radius 1 is 1.45 bits per heavy atom. The molecule has 0 fully saturated rings. The third-order valence-electron chi connectivity index (χ3n) is 2.97. The minimum Gasteiger partial charge on any atom is -0.370 e. The zero-order valence-corrected chi connectivity index (χ0v) is 12.9. The Bertz CT molecular complexity index is 420. The molecule has 1 unspecified atom stereocenters. The number of anilines is 1. The van der Waals surface area contributed by atoms with Crippen LogP contribution in [0.4, 0.5) is 5.82 Å². The number of hydrogen-bond donors (Lipinski definition) is 2. The fourth-order valence-electron chi connectivity index (χ4n) is 1.75. The first kappa shape index (κ1) is 16.4. The van der Waals surface area contributed by atoms with Crippen LogP contribution in [-0.4, -0.2) is 49.0 Å². The number of amides is 1. The third-order valence-corrected chi connectivity index (χ3v) is 2.97. The molecule has 0 aliphatic rings. The fourth-order valence-corrected chi connectivity index (χ4v) is 1.75. The maximum absolute atomic E-state index is 12.1. The summed E-state index contributed by atoms with van der Waals surface area (Å²) in [5, 5.41) is 6.20. The van der Waals surface area contributed by atoms with Gasteiger partial charge in [-0.05, 0) is 52.5 Å². The number of rotatable bonds is 8. The van der Waals surface area contributed by atoms with Gasteiger partial charge in [0, 0.05) is 24.3 Å². The van der Waals surface area contributed by atoms with Crippen LogP contribution in [-0.2, 0) is 0 Å². The summed E-state index contributed by atoms with van der Waals surface area (Å²) in [6.45, 7) is 5.94. The van der Waals surface area contributed by atoms with Crippen molar-refractivity contribution < 1.29 is 4.79 Å². The van der Waals surface area contributed by atoms with Crippen LogP contribution in [0.15, 0.2) is 18.3 Å². The van der Waals surface area contributed by atoms with Gasteiger partial charge in [0.1, 0.15) is 5.82 Å². The molecule has 1 rings (SSSR count). The van der Waals surface area contributed by atoms with Crippen LogP contribution < -0.4 is 10.6 Å². The van der Waals surface area contributed by atoms with Gasteiger partial charge in [-0.3, -0.25) is 4.79 Å². The number of hydrogen-bond acceptors (Lipinski definition) is 4. The molecule has 1 atom stereocenters. The monoisotopic (exact) mass is 278 g/mol. The predicted molar refractivity (Wildman–Crippen MR) is 83.1 cm³/mol. The Balaban J connectivity index is 2.54. The second kappa shape index (κ2) is 8.53. The van der Waals surface area contributed by atoms with E-state index >= 15 is 0 Å². The van der Waals surface area contributed by atoms with Gasteiger partial charge in [-0.1, -0.05) is 6.92 Å². The Labute approximate surface area is 121 Å². The number of carbonyl (C=O) groups is 1. The van der Waals surface area contributed by atoms with E-state index in [0.29, 0.717) is 5.56 Å². The van der Waals surface area contributed by atoms with Crippen LogP contribution >= 0.6 is 0 Å². The summed E-state index contributed by atoms with van der Waals surface area (Å²) in [5.41, 5.74) is 0.648. The molecule has 2 N–H and O–H groups in total. The molecule has 5 heteroatoms. The van der Waals surface area contributed by atoms with Crippen molar-refractivity contribution >= 4 is 11.7 Å². The lowest BCUT2D eigenvalue weighted by molar-refractivity contribution is 0.0936. The largest absolute Gasteiger partial charge is 0.370 e. The van der Waals surface area contributed by atoms with Gasteiger partial charge in [-0.15, -0.1) is 0 Å². The van der Waals surface area contributed by atoms with Gasteiger partial charge in [-0.2, -0.15) is 0 Å². The molecule has 0 spiro atoms. The SMILES string of the molecule is CCCNc1cc(C(=O)NC(C)CCN(C)C)ccn1. The lowest BCUT2D eigenvalue weighted by Gasteiger charge is -2.17. The maximum atomic E-state index is 12.1. The molecular weight excluding hydrogens is 252 g/mol. The summed E-state index contributed by atoms with van der Waals surface area (Å²) < 4.78 is 0. The summed E-state index contributed by atoms with van der Waals surface area (Å²) in [5.74, 6) is 0.707. The molecule has 20 heavy (non-hydrogen) atoms. The predicted octanol–water partition coefficient (Wildman–Crippen LogP) is 1.97. The van der Waals surface area contributed by atoms with Crippen molar-refractivity contribution in [3.05, 3.63) is 23.9 Å². The van der Waals surface area contributed by atoms with Crippen molar-refractivity contribution in [1.29, 1.82) is 0 Å². The van der Waals surface area contributed by atoms with Crippen LogP contribution in [0, 0.1) is 0 Å². The molecule has 0 bridgehead atoms. The zero-order valence-electron chi connectivity index (χ0n) is 12.9. The highest BCUT2D eigenvalue weighted by Crippen LogP contribution is 2.07. The molecule has 0 radical (unpaired) electrons. The lowest BCUT2D eigenvalue weighted by atomic mass is 10.2. The maximum Gasteiger partial charge on any atom is 0.251 e. The number of nitrogens with zero attached hydrogens (tertiary/aromatic N) is 2. The Morgan fingerprint density at radius 2 is 2.20 bits per heavy atom. The number of aromatic nitrogens is 1. The van der Waals surface area contributed by atoms with Gasteiger partial charge in [0.2, 0.25) is 0 Å². The van der Waals surface area contributed by atoms with Gasteiger partial charge in [0.25, 0.3) is 5.91 Å². The third kappa shape index (κ3) is 6.02. The molecule has 0 aliphatic carbocycles. The van der Waals surface area contributed by atoms with Gasteiger partial charge in [0.05, 0.1) is 0 Å². The molecule has 1 aromatic heterocycles. The Kier molecular flexibility index (Phi) is 7.01. The van der Waals surface area contributed by atoms with Crippen LogP contribution in [0.25, 0.3) is 0 Å². The molecule has 112 valence electrons. The summed E-state index contributed by atoms with van der Waals surface area (Å²) in [6.07, 6.45) is 3.63. The zero-order chi connectivity index (χ0) is 15.0. The average Bonchev–Trinajstić information content (AvgIpc) is 2.43. The van der Waals surface area contributed by atoms with Gasteiger partial charge >= 0.3 is 0 Å². The van der Waals surface area contributed by atoms with E-state index in [1.54, 1.807) is 18.3 Å².